The lowest BCUT2D eigenvalue weighted by Crippen LogP contribution is -2.33. The van der Waals surface area contributed by atoms with Gasteiger partial charge >= 0.3 is 5.97 Å². The molecule has 0 aliphatic carbocycles. The van der Waals surface area contributed by atoms with Gasteiger partial charge in [-0.05, 0) is 50.9 Å². The van der Waals surface area contributed by atoms with Crippen LogP contribution in [0.15, 0.2) is 12.1 Å². The summed E-state index contributed by atoms with van der Waals surface area (Å²) in [4.78, 5) is 13.0. The molecule has 0 aromatic carbocycles. The number of rotatable bonds is 3. The van der Waals surface area contributed by atoms with Crippen LogP contribution in [0.2, 0.25) is 0 Å². The van der Waals surface area contributed by atoms with Crippen molar-refractivity contribution in [3.63, 3.8) is 0 Å². The highest BCUT2D eigenvalue weighted by atomic mass is 16.4. The first kappa shape index (κ1) is 12.0. The fraction of sp³-hybridized carbons (Fsp3) is 0.583. The molecule has 17 heavy (non-hydrogen) atoms. The third-order valence-corrected chi connectivity index (χ3v) is 3.16. The number of aromatic carboxylic acids is 1. The summed E-state index contributed by atoms with van der Waals surface area (Å²) in [6, 6.07) is 3.29. The first-order valence-electron chi connectivity index (χ1n) is 5.89. The molecule has 5 heteroatoms. The smallest absolute Gasteiger partial charge is 0.356 e. The lowest BCUT2D eigenvalue weighted by atomic mass is 9.93. The number of nitrogens with zero attached hydrogens (tertiary/aromatic N) is 3. The van der Waals surface area contributed by atoms with Crippen molar-refractivity contribution in [2.75, 3.05) is 20.1 Å². The Kier molecular flexibility index (Phi) is 3.68. The number of aromatic nitrogens is 2. The number of likely N-dealkylation sites (tertiary alicyclic amines) is 1. The van der Waals surface area contributed by atoms with Crippen LogP contribution in [0, 0.1) is 5.92 Å². The molecular weight excluding hydrogens is 218 g/mol. The molecule has 2 rings (SSSR count). The standard InChI is InChI=1S/C12H17N3O2/c1-15-6-2-3-9(8-15)7-10-4-5-11(12(16)17)14-13-10/h4-5,9H,2-3,6-8H2,1H3,(H,16,17)/t9-/m0/s1. The van der Waals surface area contributed by atoms with E-state index in [4.69, 9.17) is 5.11 Å². The molecule has 1 saturated heterocycles. The van der Waals surface area contributed by atoms with Gasteiger partial charge in [-0.3, -0.25) is 0 Å². The van der Waals surface area contributed by atoms with Gasteiger partial charge in [0.15, 0.2) is 5.69 Å². The summed E-state index contributed by atoms with van der Waals surface area (Å²) in [6.07, 6.45) is 3.33. The van der Waals surface area contributed by atoms with Crippen molar-refractivity contribution in [1.29, 1.82) is 0 Å². The van der Waals surface area contributed by atoms with Crippen LogP contribution in [-0.4, -0.2) is 46.3 Å². The van der Waals surface area contributed by atoms with Crippen molar-refractivity contribution in [1.82, 2.24) is 15.1 Å². The molecule has 92 valence electrons. The molecule has 1 N–H and O–H groups in total. The predicted octanol–water partition coefficient (Wildman–Crippen LogP) is 1.06. The molecule has 2 heterocycles. The van der Waals surface area contributed by atoms with Crippen LogP contribution in [0.1, 0.15) is 29.0 Å². The maximum absolute atomic E-state index is 10.6. The molecule has 1 aliphatic heterocycles. The zero-order valence-electron chi connectivity index (χ0n) is 9.96. The van der Waals surface area contributed by atoms with Crippen LogP contribution in [0.25, 0.3) is 0 Å². The Hall–Kier alpha value is -1.49. The molecular formula is C12H17N3O2. The van der Waals surface area contributed by atoms with Crippen molar-refractivity contribution in [2.24, 2.45) is 5.92 Å². The van der Waals surface area contributed by atoms with Crippen LogP contribution in [0.3, 0.4) is 0 Å². The SMILES string of the molecule is CN1CCC[C@@H](Cc2ccc(C(=O)O)nn2)C1. The molecule has 0 radical (unpaired) electrons. The summed E-state index contributed by atoms with van der Waals surface area (Å²) in [5, 5.41) is 16.4. The van der Waals surface area contributed by atoms with E-state index in [1.807, 2.05) is 0 Å². The molecule has 1 aliphatic rings. The summed E-state index contributed by atoms with van der Waals surface area (Å²) < 4.78 is 0. The quantitative estimate of drug-likeness (QED) is 0.848. The van der Waals surface area contributed by atoms with Crippen LogP contribution in [0.4, 0.5) is 0 Å². The fourth-order valence-corrected chi connectivity index (χ4v) is 2.32. The second kappa shape index (κ2) is 5.23. The van der Waals surface area contributed by atoms with Crippen molar-refractivity contribution < 1.29 is 9.90 Å². The number of hydrogen-bond donors (Lipinski definition) is 1. The summed E-state index contributed by atoms with van der Waals surface area (Å²) in [6.45, 7) is 2.25. The first-order chi connectivity index (χ1) is 8.15. The Labute approximate surface area is 100 Å². The molecule has 0 saturated carbocycles. The van der Waals surface area contributed by atoms with Crippen LogP contribution < -0.4 is 0 Å². The van der Waals surface area contributed by atoms with Gasteiger partial charge in [0, 0.05) is 6.54 Å². The third-order valence-electron chi connectivity index (χ3n) is 3.16. The first-order valence-corrected chi connectivity index (χ1v) is 5.89. The molecule has 5 nitrogen and oxygen atoms in total. The van der Waals surface area contributed by atoms with Crippen LogP contribution >= 0.6 is 0 Å². The number of hydrogen-bond acceptors (Lipinski definition) is 4. The number of piperidine rings is 1. The average Bonchev–Trinajstić information content (AvgIpc) is 2.29. The fourth-order valence-electron chi connectivity index (χ4n) is 2.32. The zero-order valence-corrected chi connectivity index (χ0v) is 9.96. The van der Waals surface area contributed by atoms with E-state index < -0.39 is 5.97 Å². The van der Waals surface area contributed by atoms with E-state index in [1.54, 1.807) is 6.07 Å². The summed E-state index contributed by atoms with van der Waals surface area (Å²) in [5.41, 5.74) is 0.893. The van der Waals surface area contributed by atoms with E-state index in [-0.39, 0.29) is 5.69 Å². The molecule has 1 aromatic rings. The van der Waals surface area contributed by atoms with Crippen molar-refractivity contribution in [2.45, 2.75) is 19.3 Å². The summed E-state index contributed by atoms with van der Waals surface area (Å²) >= 11 is 0. The van der Waals surface area contributed by atoms with Gasteiger partial charge in [-0.1, -0.05) is 0 Å². The summed E-state index contributed by atoms with van der Waals surface area (Å²) in [7, 11) is 2.13. The highest BCUT2D eigenvalue weighted by molar-refractivity contribution is 5.84. The van der Waals surface area contributed by atoms with Crippen LogP contribution in [0.5, 0.6) is 0 Å². The van der Waals surface area contributed by atoms with Crippen molar-refractivity contribution in [3.8, 4) is 0 Å². The number of carboxylic acids is 1. The zero-order chi connectivity index (χ0) is 12.3. The molecule has 0 amide bonds. The van der Waals surface area contributed by atoms with Gasteiger partial charge in [0.1, 0.15) is 0 Å². The van der Waals surface area contributed by atoms with E-state index in [1.165, 1.54) is 25.5 Å². The van der Waals surface area contributed by atoms with Crippen molar-refractivity contribution >= 4 is 5.97 Å². The minimum absolute atomic E-state index is 0.00881. The molecule has 0 spiro atoms. The summed E-state index contributed by atoms with van der Waals surface area (Å²) in [5.74, 6) is -0.417. The van der Waals surface area contributed by atoms with E-state index >= 15 is 0 Å². The highest BCUT2D eigenvalue weighted by Crippen LogP contribution is 2.18. The topological polar surface area (TPSA) is 66.3 Å². The highest BCUT2D eigenvalue weighted by Gasteiger charge is 2.18. The second-order valence-corrected chi connectivity index (χ2v) is 4.69. The molecule has 1 fully saturated rings. The third kappa shape index (κ3) is 3.23. The molecule has 0 bridgehead atoms. The minimum Gasteiger partial charge on any atom is -0.476 e. The molecule has 1 atom stereocenters. The molecule has 0 unspecified atom stereocenters. The van der Waals surface area contributed by atoms with E-state index in [2.05, 4.69) is 22.1 Å². The van der Waals surface area contributed by atoms with Gasteiger partial charge in [0.25, 0.3) is 0 Å². The number of carboxylic acid groups (broad SMARTS) is 1. The monoisotopic (exact) mass is 235 g/mol. The van der Waals surface area contributed by atoms with Gasteiger partial charge in [-0.25, -0.2) is 4.79 Å². The Morgan fingerprint density at radius 3 is 2.94 bits per heavy atom. The molecule has 1 aromatic heterocycles. The normalized spacial score (nSPS) is 21.4. The Balaban J connectivity index is 1.96. The largest absolute Gasteiger partial charge is 0.476 e. The minimum atomic E-state index is -1.03. The number of carbonyl (C=O) groups is 1. The second-order valence-electron chi connectivity index (χ2n) is 4.69. The van der Waals surface area contributed by atoms with E-state index in [9.17, 15) is 4.79 Å². The Morgan fingerprint density at radius 1 is 1.53 bits per heavy atom. The van der Waals surface area contributed by atoms with Gasteiger partial charge in [-0.2, -0.15) is 5.10 Å². The lowest BCUT2D eigenvalue weighted by Gasteiger charge is -2.29. The van der Waals surface area contributed by atoms with Crippen molar-refractivity contribution in [3.05, 3.63) is 23.5 Å². The maximum atomic E-state index is 10.6. The van der Waals surface area contributed by atoms with E-state index in [0.29, 0.717) is 5.92 Å². The van der Waals surface area contributed by atoms with Crippen LogP contribution in [-0.2, 0) is 6.42 Å². The maximum Gasteiger partial charge on any atom is 0.356 e. The van der Waals surface area contributed by atoms with Gasteiger partial charge in [0.05, 0.1) is 5.69 Å². The average molecular weight is 235 g/mol. The van der Waals surface area contributed by atoms with E-state index in [0.717, 1.165) is 18.7 Å². The predicted molar refractivity (Wildman–Crippen MR) is 62.9 cm³/mol. The van der Waals surface area contributed by atoms with Gasteiger partial charge < -0.3 is 10.0 Å². The van der Waals surface area contributed by atoms with Gasteiger partial charge in [-0.15, -0.1) is 5.10 Å². The Bertz CT molecular complexity index is 391. The van der Waals surface area contributed by atoms with Gasteiger partial charge in [0.2, 0.25) is 0 Å². The lowest BCUT2D eigenvalue weighted by molar-refractivity contribution is 0.0689. The Morgan fingerprint density at radius 2 is 2.35 bits per heavy atom.